The Morgan fingerprint density at radius 2 is 2.12 bits per heavy atom. The highest BCUT2D eigenvalue weighted by molar-refractivity contribution is 9.10. The van der Waals surface area contributed by atoms with Crippen LogP contribution in [-0.4, -0.2) is 24.4 Å². The second kappa shape index (κ2) is 5.66. The van der Waals surface area contributed by atoms with Crippen LogP contribution in [0.15, 0.2) is 22.7 Å². The zero-order valence-corrected chi connectivity index (χ0v) is 10.7. The Labute approximate surface area is 104 Å². The van der Waals surface area contributed by atoms with Gasteiger partial charge >= 0.3 is 0 Å². The molecule has 1 aliphatic heterocycles. The van der Waals surface area contributed by atoms with E-state index in [9.17, 15) is 5.11 Å². The van der Waals surface area contributed by atoms with Gasteiger partial charge < -0.3 is 15.2 Å². The number of nitrogens with one attached hydrogen (secondary N) is 1. The topological polar surface area (TPSA) is 41.5 Å². The van der Waals surface area contributed by atoms with Crippen molar-refractivity contribution in [3.05, 3.63) is 28.2 Å². The van der Waals surface area contributed by atoms with Gasteiger partial charge in [-0.05, 0) is 31.0 Å². The number of hydrogen-bond donors (Lipinski definition) is 2. The Morgan fingerprint density at radius 1 is 1.38 bits per heavy atom. The first-order valence-electron chi connectivity index (χ1n) is 5.54. The molecule has 3 nitrogen and oxygen atoms in total. The van der Waals surface area contributed by atoms with Gasteiger partial charge in [-0.1, -0.05) is 15.9 Å². The van der Waals surface area contributed by atoms with Crippen LogP contribution in [0.4, 0.5) is 0 Å². The van der Waals surface area contributed by atoms with E-state index in [0.717, 1.165) is 36.1 Å². The molecule has 0 saturated carbocycles. The summed E-state index contributed by atoms with van der Waals surface area (Å²) >= 11 is 3.40. The van der Waals surface area contributed by atoms with Crippen LogP contribution in [-0.2, 0) is 11.3 Å². The third-order valence-corrected chi connectivity index (χ3v) is 3.34. The smallest absolute Gasteiger partial charge is 0.120 e. The number of aromatic hydroxyl groups is 1. The molecule has 1 aromatic carbocycles. The van der Waals surface area contributed by atoms with Crippen LogP contribution < -0.4 is 5.32 Å². The van der Waals surface area contributed by atoms with Crippen LogP contribution in [0.2, 0.25) is 0 Å². The van der Waals surface area contributed by atoms with E-state index in [1.54, 1.807) is 6.07 Å². The lowest BCUT2D eigenvalue weighted by molar-refractivity contribution is 0.0775. The number of halogens is 1. The van der Waals surface area contributed by atoms with Crippen LogP contribution in [0.1, 0.15) is 18.4 Å². The van der Waals surface area contributed by atoms with E-state index in [-0.39, 0.29) is 0 Å². The Balaban J connectivity index is 1.90. The molecule has 1 aromatic rings. The standard InChI is InChI=1S/C12H16BrNO2/c13-10-1-2-12(15)9(7-10)8-14-11-3-5-16-6-4-11/h1-2,7,11,14-15H,3-6,8H2. The van der Waals surface area contributed by atoms with E-state index in [0.29, 0.717) is 18.3 Å². The van der Waals surface area contributed by atoms with Crippen LogP contribution >= 0.6 is 15.9 Å². The highest BCUT2D eigenvalue weighted by Gasteiger charge is 2.13. The molecule has 1 heterocycles. The van der Waals surface area contributed by atoms with Gasteiger partial charge in [-0.25, -0.2) is 0 Å². The number of ether oxygens (including phenoxy) is 1. The van der Waals surface area contributed by atoms with E-state index in [4.69, 9.17) is 4.74 Å². The first-order chi connectivity index (χ1) is 7.75. The molecule has 0 unspecified atom stereocenters. The molecule has 0 aliphatic carbocycles. The van der Waals surface area contributed by atoms with Gasteiger partial charge in [0.2, 0.25) is 0 Å². The third kappa shape index (κ3) is 3.20. The molecule has 88 valence electrons. The van der Waals surface area contributed by atoms with Gasteiger partial charge in [0.1, 0.15) is 5.75 Å². The van der Waals surface area contributed by atoms with Crippen molar-refractivity contribution in [1.82, 2.24) is 5.32 Å². The number of hydrogen-bond acceptors (Lipinski definition) is 3. The summed E-state index contributed by atoms with van der Waals surface area (Å²) in [5.41, 5.74) is 0.931. The van der Waals surface area contributed by atoms with Crippen molar-refractivity contribution in [2.24, 2.45) is 0 Å². The average molecular weight is 286 g/mol. The van der Waals surface area contributed by atoms with Gasteiger partial charge in [0.15, 0.2) is 0 Å². The molecular weight excluding hydrogens is 270 g/mol. The minimum atomic E-state index is 0.350. The van der Waals surface area contributed by atoms with Crippen molar-refractivity contribution in [2.75, 3.05) is 13.2 Å². The quantitative estimate of drug-likeness (QED) is 0.896. The zero-order chi connectivity index (χ0) is 11.4. The molecule has 0 spiro atoms. The van der Waals surface area contributed by atoms with E-state index in [2.05, 4.69) is 21.2 Å². The highest BCUT2D eigenvalue weighted by atomic mass is 79.9. The van der Waals surface area contributed by atoms with E-state index < -0.39 is 0 Å². The SMILES string of the molecule is Oc1ccc(Br)cc1CNC1CCOCC1. The summed E-state index contributed by atoms with van der Waals surface area (Å²) in [5, 5.41) is 13.1. The van der Waals surface area contributed by atoms with Gasteiger partial charge in [-0.15, -0.1) is 0 Å². The number of phenolic OH excluding ortho intramolecular Hbond substituents is 1. The number of phenols is 1. The van der Waals surface area contributed by atoms with Crippen LogP contribution in [0.3, 0.4) is 0 Å². The van der Waals surface area contributed by atoms with Crippen molar-refractivity contribution in [2.45, 2.75) is 25.4 Å². The molecule has 4 heteroatoms. The minimum Gasteiger partial charge on any atom is -0.508 e. The van der Waals surface area contributed by atoms with Crippen molar-refractivity contribution in [3.8, 4) is 5.75 Å². The van der Waals surface area contributed by atoms with Crippen molar-refractivity contribution in [3.63, 3.8) is 0 Å². The number of rotatable bonds is 3. The Morgan fingerprint density at radius 3 is 2.88 bits per heavy atom. The predicted molar refractivity (Wildman–Crippen MR) is 66.5 cm³/mol. The first-order valence-corrected chi connectivity index (χ1v) is 6.33. The fraction of sp³-hybridized carbons (Fsp3) is 0.500. The van der Waals surface area contributed by atoms with Crippen molar-refractivity contribution < 1.29 is 9.84 Å². The average Bonchev–Trinajstić information content (AvgIpc) is 2.32. The Kier molecular flexibility index (Phi) is 4.21. The summed E-state index contributed by atoms with van der Waals surface area (Å²) in [7, 11) is 0. The predicted octanol–water partition coefficient (Wildman–Crippen LogP) is 2.42. The summed E-state index contributed by atoms with van der Waals surface area (Å²) in [5.74, 6) is 0.350. The van der Waals surface area contributed by atoms with Gasteiger partial charge in [-0.3, -0.25) is 0 Å². The third-order valence-electron chi connectivity index (χ3n) is 2.84. The lowest BCUT2D eigenvalue weighted by Gasteiger charge is -2.23. The van der Waals surface area contributed by atoms with Gasteiger partial charge in [0.05, 0.1) is 0 Å². The normalized spacial score (nSPS) is 17.6. The Hall–Kier alpha value is -0.580. The molecule has 0 amide bonds. The molecule has 2 N–H and O–H groups in total. The lowest BCUT2D eigenvalue weighted by atomic mass is 10.1. The van der Waals surface area contributed by atoms with Crippen molar-refractivity contribution in [1.29, 1.82) is 0 Å². The molecule has 0 atom stereocenters. The Bertz CT molecular complexity index is 351. The van der Waals surface area contributed by atoms with Crippen LogP contribution in [0, 0.1) is 0 Å². The first kappa shape index (κ1) is 11.9. The summed E-state index contributed by atoms with van der Waals surface area (Å²) < 4.78 is 6.29. The summed E-state index contributed by atoms with van der Waals surface area (Å²) in [6.45, 7) is 2.38. The maximum Gasteiger partial charge on any atom is 0.120 e. The molecule has 2 rings (SSSR count). The van der Waals surface area contributed by atoms with E-state index in [1.807, 2.05) is 12.1 Å². The second-order valence-corrected chi connectivity index (χ2v) is 4.96. The monoisotopic (exact) mass is 285 g/mol. The largest absolute Gasteiger partial charge is 0.508 e. The molecule has 16 heavy (non-hydrogen) atoms. The highest BCUT2D eigenvalue weighted by Crippen LogP contribution is 2.22. The maximum absolute atomic E-state index is 9.68. The van der Waals surface area contributed by atoms with Crippen molar-refractivity contribution >= 4 is 15.9 Å². The van der Waals surface area contributed by atoms with Gasteiger partial charge in [0, 0.05) is 35.8 Å². The van der Waals surface area contributed by atoms with Crippen LogP contribution in [0.25, 0.3) is 0 Å². The molecule has 0 radical (unpaired) electrons. The summed E-state index contributed by atoms with van der Waals surface area (Å²) in [6.07, 6.45) is 2.10. The fourth-order valence-electron chi connectivity index (χ4n) is 1.85. The summed E-state index contributed by atoms with van der Waals surface area (Å²) in [6, 6.07) is 6.01. The maximum atomic E-state index is 9.68. The molecular formula is C12H16BrNO2. The van der Waals surface area contributed by atoms with Crippen LogP contribution in [0.5, 0.6) is 5.75 Å². The fourth-order valence-corrected chi connectivity index (χ4v) is 2.26. The van der Waals surface area contributed by atoms with Gasteiger partial charge in [-0.2, -0.15) is 0 Å². The lowest BCUT2D eigenvalue weighted by Crippen LogP contribution is -2.34. The molecule has 1 fully saturated rings. The molecule has 0 bridgehead atoms. The number of benzene rings is 1. The molecule has 0 aromatic heterocycles. The summed E-state index contributed by atoms with van der Waals surface area (Å²) in [4.78, 5) is 0. The molecule has 1 saturated heterocycles. The zero-order valence-electron chi connectivity index (χ0n) is 9.08. The second-order valence-electron chi connectivity index (χ2n) is 4.04. The minimum absolute atomic E-state index is 0.350. The van der Waals surface area contributed by atoms with E-state index >= 15 is 0 Å². The van der Waals surface area contributed by atoms with E-state index in [1.165, 1.54) is 0 Å². The van der Waals surface area contributed by atoms with Gasteiger partial charge in [0.25, 0.3) is 0 Å². The molecule has 1 aliphatic rings.